The number of carbonyl (C=O) groups excluding carboxylic acids is 1. The normalized spacial score (nSPS) is 12.3. The standard InChI is InChI=1S/C42H78N2O2/c1-5-7-9-11-13-15-17-19-21-23-25-27-29-31-33-35-37-41(43-42(45)46-40-39-44(3)4)38-36-34-32-30-28-26-24-22-20-18-16-14-12-10-8-6-2/h13-16,19-22,41H,5-12,17-18,23-40H2,1-4H3,(H,43,45)/b15-13-,16-14-,21-19-,22-20-. The molecule has 0 unspecified atom stereocenters. The highest BCUT2D eigenvalue weighted by molar-refractivity contribution is 5.67. The van der Waals surface area contributed by atoms with E-state index in [4.69, 9.17) is 4.74 Å². The molecular weight excluding hydrogens is 564 g/mol. The largest absolute Gasteiger partial charge is 0.448 e. The van der Waals surface area contributed by atoms with Crippen LogP contribution in [-0.2, 0) is 4.74 Å². The summed E-state index contributed by atoms with van der Waals surface area (Å²) < 4.78 is 5.44. The minimum atomic E-state index is -0.244. The highest BCUT2D eigenvalue weighted by Gasteiger charge is 2.13. The van der Waals surface area contributed by atoms with Gasteiger partial charge in [-0.15, -0.1) is 0 Å². The Hall–Kier alpha value is -1.81. The summed E-state index contributed by atoms with van der Waals surface area (Å²) in [7, 11) is 4.00. The van der Waals surface area contributed by atoms with Crippen LogP contribution in [0.5, 0.6) is 0 Å². The van der Waals surface area contributed by atoms with Crippen molar-refractivity contribution in [1.82, 2.24) is 10.2 Å². The third kappa shape index (κ3) is 36.7. The number of ether oxygens (including phenoxy) is 1. The van der Waals surface area contributed by atoms with Crippen molar-refractivity contribution in [2.45, 2.75) is 187 Å². The van der Waals surface area contributed by atoms with E-state index in [9.17, 15) is 4.79 Å². The molecule has 4 heteroatoms. The number of allylic oxidation sites excluding steroid dienone is 8. The van der Waals surface area contributed by atoms with Gasteiger partial charge in [0.1, 0.15) is 6.61 Å². The van der Waals surface area contributed by atoms with Gasteiger partial charge in [-0.25, -0.2) is 4.79 Å². The highest BCUT2D eigenvalue weighted by Crippen LogP contribution is 2.16. The van der Waals surface area contributed by atoms with E-state index in [0.717, 1.165) is 32.2 Å². The number of hydrogen-bond donors (Lipinski definition) is 1. The number of nitrogens with zero attached hydrogens (tertiary/aromatic N) is 1. The first kappa shape index (κ1) is 44.2. The lowest BCUT2D eigenvalue weighted by Crippen LogP contribution is -2.36. The Bertz CT molecular complexity index is 692. The van der Waals surface area contributed by atoms with Gasteiger partial charge in [0.25, 0.3) is 0 Å². The summed E-state index contributed by atoms with van der Waals surface area (Å²) in [5, 5.41) is 3.19. The molecule has 0 aromatic heterocycles. The van der Waals surface area contributed by atoms with Crippen molar-refractivity contribution in [3.05, 3.63) is 48.6 Å². The van der Waals surface area contributed by atoms with E-state index in [0.29, 0.717) is 6.61 Å². The van der Waals surface area contributed by atoms with E-state index in [2.05, 4.69) is 67.8 Å². The Morgan fingerprint density at radius 3 is 1.30 bits per heavy atom. The number of nitrogens with one attached hydrogen (secondary N) is 1. The molecule has 0 aliphatic rings. The lowest BCUT2D eigenvalue weighted by Gasteiger charge is -2.19. The fourth-order valence-electron chi connectivity index (χ4n) is 5.58. The molecule has 0 fully saturated rings. The van der Waals surface area contributed by atoms with Gasteiger partial charge in [0.05, 0.1) is 0 Å². The van der Waals surface area contributed by atoms with Crippen LogP contribution in [0.15, 0.2) is 48.6 Å². The van der Waals surface area contributed by atoms with Crippen LogP contribution < -0.4 is 5.32 Å². The number of carbonyl (C=O) groups is 1. The monoisotopic (exact) mass is 643 g/mol. The molecule has 0 radical (unpaired) electrons. The van der Waals surface area contributed by atoms with Crippen LogP contribution in [-0.4, -0.2) is 44.3 Å². The molecule has 0 atom stereocenters. The predicted molar refractivity (Wildman–Crippen MR) is 205 cm³/mol. The van der Waals surface area contributed by atoms with Crippen molar-refractivity contribution in [3.8, 4) is 0 Å². The van der Waals surface area contributed by atoms with Crippen molar-refractivity contribution in [2.75, 3.05) is 27.2 Å². The first-order chi connectivity index (χ1) is 22.6. The van der Waals surface area contributed by atoms with Crippen LogP contribution in [0.2, 0.25) is 0 Å². The number of rotatable bonds is 34. The first-order valence-corrected chi connectivity index (χ1v) is 19.8. The Balaban J connectivity index is 4.01. The van der Waals surface area contributed by atoms with Gasteiger partial charge in [-0.2, -0.15) is 0 Å². The van der Waals surface area contributed by atoms with Gasteiger partial charge >= 0.3 is 6.09 Å². The second-order valence-corrected chi connectivity index (χ2v) is 13.5. The maximum Gasteiger partial charge on any atom is 0.407 e. The van der Waals surface area contributed by atoms with Gasteiger partial charge in [-0.1, -0.05) is 152 Å². The zero-order chi connectivity index (χ0) is 33.6. The van der Waals surface area contributed by atoms with Crippen molar-refractivity contribution in [3.63, 3.8) is 0 Å². The van der Waals surface area contributed by atoms with Gasteiger partial charge in [-0.05, 0) is 91.1 Å². The maximum absolute atomic E-state index is 12.4. The molecule has 4 nitrogen and oxygen atoms in total. The number of amides is 1. The molecule has 0 rings (SSSR count). The topological polar surface area (TPSA) is 41.6 Å². The Labute approximate surface area is 288 Å². The second kappa shape index (κ2) is 37.6. The molecule has 0 aromatic rings. The third-order valence-electron chi connectivity index (χ3n) is 8.60. The molecule has 1 N–H and O–H groups in total. The van der Waals surface area contributed by atoms with Crippen LogP contribution in [0.25, 0.3) is 0 Å². The summed E-state index contributed by atoms with van der Waals surface area (Å²) in [5.74, 6) is 0. The minimum absolute atomic E-state index is 0.239. The SMILES string of the molecule is CCCCC/C=C\C/C=C\CCCCCCCCC(CCCCCCCC/C=C\C/C=C\CCCCC)NC(=O)OCCN(C)C. The van der Waals surface area contributed by atoms with E-state index < -0.39 is 0 Å². The molecule has 0 spiro atoms. The van der Waals surface area contributed by atoms with Gasteiger partial charge < -0.3 is 15.0 Å². The van der Waals surface area contributed by atoms with Gasteiger partial charge in [-0.3, -0.25) is 0 Å². The third-order valence-corrected chi connectivity index (χ3v) is 8.60. The van der Waals surface area contributed by atoms with Gasteiger partial charge in [0, 0.05) is 12.6 Å². The molecule has 0 saturated heterocycles. The number of likely N-dealkylation sites (N-methyl/N-ethyl adjacent to an activating group) is 1. The Kier molecular flexibility index (Phi) is 36.2. The molecule has 0 aliphatic heterocycles. The summed E-state index contributed by atoms with van der Waals surface area (Å²) in [6.07, 6.45) is 51.0. The molecule has 0 saturated carbocycles. The summed E-state index contributed by atoms with van der Waals surface area (Å²) >= 11 is 0. The maximum atomic E-state index is 12.4. The van der Waals surface area contributed by atoms with Gasteiger partial charge in [0.15, 0.2) is 0 Å². The smallest absolute Gasteiger partial charge is 0.407 e. The number of unbranched alkanes of at least 4 members (excludes halogenated alkanes) is 18. The van der Waals surface area contributed by atoms with Crippen LogP contribution in [0, 0.1) is 0 Å². The predicted octanol–water partition coefficient (Wildman–Crippen LogP) is 13.0. The number of hydrogen-bond acceptors (Lipinski definition) is 3. The number of alkyl carbamates (subject to hydrolysis) is 1. The first-order valence-electron chi connectivity index (χ1n) is 19.8. The van der Waals surface area contributed by atoms with Crippen molar-refractivity contribution in [2.24, 2.45) is 0 Å². The quantitative estimate of drug-likeness (QED) is 0.0561. The molecule has 0 bridgehead atoms. The fourth-order valence-corrected chi connectivity index (χ4v) is 5.58. The molecule has 1 amide bonds. The highest BCUT2D eigenvalue weighted by atomic mass is 16.5. The van der Waals surface area contributed by atoms with Crippen LogP contribution in [0.3, 0.4) is 0 Å². The van der Waals surface area contributed by atoms with E-state index in [1.54, 1.807) is 0 Å². The van der Waals surface area contributed by atoms with Crippen molar-refractivity contribution < 1.29 is 9.53 Å². The minimum Gasteiger partial charge on any atom is -0.448 e. The summed E-state index contributed by atoms with van der Waals surface area (Å²) in [6.45, 7) is 5.73. The Morgan fingerprint density at radius 2 is 0.913 bits per heavy atom. The molecule has 0 aliphatic carbocycles. The average Bonchev–Trinajstić information content (AvgIpc) is 3.04. The summed E-state index contributed by atoms with van der Waals surface area (Å²) in [5.41, 5.74) is 0. The van der Waals surface area contributed by atoms with Gasteiger partial charge in [0.2, 0.25) is 0 Å². The van der Waals surface area contributed by atoms with Crippen molar-refractivity contribution in [1.29, 1.82) is 0 Å². The molecule has 0 aromatic carbocycles. The molecule has 0 heterocycles. The van der Waals surface area contributed by atoms with E-state index in [1.807, 2.05) is 19.0 Å². The van der Waals surface area contributed by atoms with E-state index >= 15 is 0 Å². The van der Waals surface area contributed by atoms with Crippen LogP contribution in [0.1, 0.15) is 181 Å². The van der Waals surface area contributed by atoms with E-state index in [-0.39, 0.29) is 12.1 Å². The van der Waals surface area contributed by atoms with E-state index in [1.165, 1.54) is 141 Å². The van der Waals surface area contributed by atoms with Crippen molar-refractivity contribution >= 4 is 6.09 Å². The lowest BCUT2D eigenvalue weighted by molar-refractivity contribution is 0.131. The zero-order valence-electron chi connectivity index (χ0n) is 31.3. The molecular formula is C42H78N2O2. The lowest BCUT2D eigenvalue weighted by atomic mass is 10.00. The fraction of sp³-hybridized carbons (Fsp3) is 0.786. The average molecular weight is 643 g/mol. The Morgan fingerprint density at radius 1 is 0.543 bits per heavy atom. The second-order valence-electron chi connectivity index (χ2n) is 13.5. The van der Waals surface area contributed by atoms with Crippen LogP contribution in [0.4, 0.5) is 4.79 Å². The zero-order valence-corrected chi connectivity index (χ0v) is 31.3. The molecule has 46 heavy (non-hydrogen) atoms. The summed E-state index contributed by atoms with van der Waals surface area (Å²) in [6, 6.07) is 0.239. The molecule has 268 valence electrons. The van der Waals surface area contributed by atoms with Crippen LogP contribution >= 0.6 is 0 Å². The summed E-state index contributed by atoms with van der Waals surface area (Å²) in [4.78, 5) is 14.4.